The zero-order chi connectivity index (χ0) is 18.4. The highest BCUT2D eigenvalue weighted by Gasteiger charge is 2.31. The highest BCUT2D eigenvalue weighted by Crippen LogP contribution is 2.23. The summed E-state index contributed by atoms with van der Waals surface area (Å²) >= 11 is 0. The molecule has 1 saturated heterocycles. The van der Waals surface area contributed by atoms with Gasteiger partial charge in [0.15, 0.2) is 0 Å². The van der Waals surface area contributed by atoms with Crippen molar-refractivity contribution in [2.45, 2.75) is 25.4 Å². The van der Waals surface area contributed by atoms with Gasteiger partial charge in [-0.2, -0.15) is 0 Å². The molecule has 0 aromatic heterocycles. The van der Waals surface area contributed by atoms with Gasteiger partial charge in [0, 0.05) is 38.2 Å². The molecule has 2 aromatic carbocycles. The Balaban J connectivity index is 1.52. The Morgan fingerprint density at radius 1 is 1.08 bits per heavy atom. The predicted octanol–water partition coefficient (Wildman–Crippen LogP) is 3.18. The summed E-state index contributed by atoms with van der Waals surface area (Å²) in [6, 6.07) is 17.7. The van der Waals surface area contributed by atoms with E-state index in [0.29, 0.717) is 6.04 Å². The normalized spacial score (nSPS) is 21.2. The molecule has 1 N–H and O–H groups in total. The van der Waals surface area contributed by atoms with Crippen LogP contribution in [0.5, 0.6) is 0 Å². The molecule has 1 fully saturated rings. The van der Waals surface area contributed by atoms with Gasteiger partial charge in [-0.1, -0.05) is 42.5 Å². The molecule has 1 aliphatic heterocycles. The molecule has 2 aromatic rings. The minimum absolute atomic E-state index is 0.184. The second-order valence-electron chi connectivity index (χ2n) is 7.38. The molecule has 0 bridgehead atoms. The number of hydrogen-bond donors (Lipinski definition) is 1. The van der Waals surface area contributed by atoms with Gasteiger partial charge >= 0.3 is 0 Å². The van der Waals surface area contributed by atoms with E-state index >= 15 is 0 Å². The molecule has 3 rings (SSSR count). The lowest BCUT2D eigenvalue weighted by molar-refractivity contribution is 0.0357. The number of rotatable bonds is 7. The molecule has 140 valence electrons. The minimum Gasteiger partial charge on any atom is -0.396 e. The molecule has 0 radical (unpaired) electrons. The third kappa shape index (κ3) is 5.13. The molecule has 0 amide bonds. The van der Waals surface area contributed by atoms with Gasteiger partial charge in [0.25, 0.3) is 0 Å². The van der Waals surface area contributed by atoms with Crippen LogP contribution in [0.3, 0.4) is 0 Å². The van der Waals surface area contributed by atoms with Crippen molar-refractivity contribution in [1.29, 1.82) is 0 Å². The SMILES string of the molecule is CN(Cc1ccccc1)C1CCN(CCc2ccc(F)cc2)CC1CO. The number of halogens is 1. The first-order valence-corrected chi connectivity index (χ1v) is 9.47. The summed E-state index contributed by atoms with van der Waals surface area (Å²) in [5, 5.41) is 9.91. The van der Waals surface area contributed by atoms with Gasteiger partial charge in [-0.05, 0) is 49.7 Å². The van der Waals surface area contributed by atoms with Crippen molar-refractivity contribution in [3.05, 3.63) is 71.5 Å². The quantitative estimate of drug-likeness (QED) is 0.825. The van der Waals surface area contributed by atoms with E-state index in [1.807, 2.05) is 18.2 Å². The monoisotopic (exact) mass is 356 g/mol. The van der Waals surface area contributed by atoms with Crippen LogP contribution < -0.4 is 0 Å². The van der Waals surface area contributed by atoms with Crippen LogP contribution in [0.25, 0.3) is 0 Å². The van der Waals surface area contributed by atoms with Crippen molar-refractivity contribution < 1.29 is 9.50 Å². The second-order valence-corrected chi connectivity index (χ2v) is 7.38. The lowest BCUT2D eigenvalue weighted by Gasteiger charge is -2.42. The Morgan fingerprint density at radius 2 is 1.81 bits per heavy atom. The Hall–Kier alpha value is -1.75. The van der Waals surface area contributed by atoms with Crippen LogP contribution in [0, 0.1) is 11.7 Å². The van der Waals surface area contributed by atoms with Gasteiger partial charge in [0.2, 0.25) is 0 Å². The number of benzene rings is 2. The number of aliphatic hydroxyl groups is 1. The van der Waals surface area contributed by atoms with E-state index in [1.54, 1.807) is 0 Å². The predicted molar refractivity (Wildman–Crippen MR) is 103 cm³/mol. The molecule has 4 heteroatoms. The highest BCUT2D eigenvalue weighted by atomic mass is 19.1. The van der Waals surface area contributed by atoms with E-state index in [2.05, 4.69) is 41.1 Å². The Morgan fingerprint density at radius 3 is 2.50 bits per heavy atom. The molecule has 0 saturated carbocycles. The van der Waals surface area contributed by atoms with Crippen molar-refractivity contribution >= 4 is 0 Å². The smallest absolute Gasteiger partial charge is 0.123 e. The van der Waals surface area contributed by atoms with Crippen LogP contribution >= 0.6 is 0 Å². The summed E-state index contributed by atoms with van der Waals surface area (Å²) in [6.45, 7) is 4.05. The van der Waals surface area contributed by atoms with Crippen molar-refractivity contribution in [2.24, 2.45) is 5.92 Å². The number of aliphatic hydroxyl groups excluding tert-OH is 1. The number of hydrogen-bond acceptors (Lipinski definition) is 3. The largest absolute Gasteiger partial charge is 0.396 e. The average molecular weight is 356 g/mol. The van der Waals surface area contributed by atoms with E-state index in [-0.39, 0.29) is 18.3 Å². The summed E-state index contributed by atoms with van der Waals surface area (Å²) in [5.41, 5.74) is 2.47. The first kappa shape index (κ1) is 19.0. The molecule has 1 aliphatic rings. The molecule has 26 heavy (non-hydrogen) atoms. The van der Waals surface area contributed by atoms with Crippen LogP contribution in [0.4, 0.5) is 4.39 Å². The van der Waals surface area contributed by atoms with Crippen molar-refractivity contribution in [2.75, 3.05) is 33.3 Å². The zero-order valence-electron chi connectivity index (χ0n) is 15.5. The first-order valence-electron chi connectivity index (χ1n) is 9.47. The van der Waals surface area contributed by atoms with Gasteiger partial charge in [-0.3, -0.25) is 4.90 Å². The van der Waals surface area contributed by atoms with Gasteiger partial charge in [-0.25, -0.2) is 4.39 Å². The maximum Gasteiger partial charge on any atom is 0.123 e. The van der Waals surface area contributed by atoms with E-state index in [4.69, 9.17) is 0 Å². The van der Waals surface area contributed by atoms with Crippen LogP contribution in [0.15, 0.2) is 54.6 Å². The molecule has 1 heterocycles. The molecule has 3 nitrogen and oxygen atoms in total. The van der Waals surface area contributed by atoms with Crippen molar-refractivity contribution in [1.82, 2.24) is 9.80 Å². The fourth-order valence-electron chi connectivity index (χ4n) is 3.98. The summed E-state index contributed by atoms with van der Waals surface area (Å²) in [4.78, 5) is 4.81. The van der Waals surface area contributed by atoms with E-state index < -0.39 is 0 Å². The summed E-state index contributed by atoms with van der Waals surface area (Å²) in [6.07, 6.45) is 1.99. The molecule has 2 atom stereocenters. The second kappa shape index (κ2) is 9.26. The minimum atomic E-state index is -0.184. The number of likely N-dealkylation sites (tertiary alicyclic amines) is 1. The van der Waals surface area contributed by atoms with E-state index in [9.17, 15) is 9.50 Å². The number of nitrogens with zero attached hydrogens (tertiary/aromatic N) is 2. The molecular weight excluding hydrogens is 327 g/mol. The standard InChI is InChI=1S/C22H29FN2O/c1-24(15-19-5-3-2-4-6-19)22-12-14-25(16-20(22)17-26)13-11-18-7-9-21(23)10-8-18/h2-10,20,22,26H,11-17H2,1H3. The third-order valence-corrected chi connectivity index (χ3v) is 5.48. The third-order valence-electron chi connectivity index (χ3n) is 5.48. The van der Waals surface area contributed by atoms with Gasteiger partial charge in [0.05, 0.1) is 0 Å². The van der Waals surface area contributed by atoms with Crippen molar-refractivity contribution in [3.63, 3.8) is 0 Å². The van der Waals surface area contributed by atoms with Gasteiger partial charge < -0.3 is 10.0 Å². The lowest BCUT2D eigenvalue weighted by atomic mass is 9.91. The number of piperidine rings is 1. The first-order chi connectivity index (χ1) is 12.7. The maximum atomic E-state index is 13.0. The molecular formula is C22H29FN2O. The zero-order valence-corrected chi connectivity index (χ0v) is 15.5. The molecule has 2 unspecified atom stereocenters. The van der Waals surface area contributed by atoms with Gasteiger partial charge in [-0.15, -0.1) is 0 Å². The summed E-state index contributed by atoms with van der Waals surface area (Å²) < 4.78 is 13.0. The maximum absolute atomic E-state index is 13.0. The average Bonchev–Trinajstić information content (AvgIpc) is 2.68. The van der Waals surface area contributed by atoms with Crippen LogP contribution in [0.2, 0.25) is 0 Å². The Bertz CT molecular complexity index is 662. The van der Waals surface area contributed by atoms with E-state index in [0.717, 1.165) is 44.6 Å². The van der Waals surface area contributed by atoms with E-state index in [1.165, 1.54) is 17.7 Å². The Kier molecular flexibility index (Phi) is 6.78. The summed E-state index contributed by atoms with van der Waals surface area (Å²) in [5.74, 6) is 0.0852. The highest BCUT2D eigenvalue weighted by molar-refractivity contribution is 5.16. The lowest BCUT2D eigenvalue weighted by Crippen LogP contribution is -2.51. The van der Waals surface area contributed by atoms with Crippen molar-refractivity contribution in [3.8, 4) is 0 Å². The fraction of sp³-hybridized carbons (Fsp3) is 0.455. The van der Waals surface area contributed by atoms with Crippen LogP contribution in [0.1, 0.15) is 17.5 Å². The topological polar surface area (TPSA) is 26.7 Å². The van der Waals surface area contributed by atoms with Crippen LogP contribution in [-0.4, -0.2) is 54.2 Å². The fourth-order valence-corrected chi connectivity index (χ4v) is 3.98. The van der Waals surface area contributed by atoms with Crippen LogP contribution in [-0.2, 0) is 13.0 Å². The Labute approximate surface area is 156 Å². The van der Waals surface area contributed by atoms with Gasteiger partial charge in [0.1, 0.15) is 5.82 Å². The molecule has 0 spiro atoms. The summed E-state index contributed by atoms with van der Waals surface area (Å²) in [7, 11) is 2.16. The molecule has 0 aliphatic carbocycles.